The predicted octanol–water partition coefficient (Wildman–Crippen LogP) is 9.28. The zero-order chi connectivity index (χ0) is 33.0. The van der Waals surface area contributed by atoms with E-state index >= 15 is 0 Å². The fraction of sp³-hybridized carbons (Fsp3) is 0. The molecule has 0 bridgehead atoms. The normalized spacial score (nSPS) is 11.6. The van der Waals surface area contributed by atoms with E-state index in [-0.39, 0.29) is 0 Å². The van der Waals surface area contributed by atoms with Gasteiger partial charge < -0.3 is 0 Å². The maximum Gasteiger partial charge on any atom is 0.115 e. The molecule has 10 rings (SSSR count). The molecule has 0 atom stereocenters. The molecule has 0 saturated heterocycles. The molecule has 4 aromatic heterocycles. The first-order chi connectivity index (χ1) is 24.8. The zero-order valence-electron chi connectivity index (χ0n) is 26.4. The smallest absolute Gasteiger partial charge is 0.115 e. The largest absolute Gasteiger partial charge is 0.244 e. The highest BCUT2D eigenvalue weighted by Gasteiger charge is 2.19. The van der Waals surface area contributed by atoms with Crippen molar-refractivity contribution in [2.75, 3.05) is 0 Å². The highest BCUT2D eigenvalue weighted by Crippen LogP contribution is 2.47. The van der Waals surface area contributed by atoms with Gasteiger partial charge in [-0.2, -0.15) is 0 Å². The molecule has 0 N–H and O–H groups in total. The Hall–Kier alpha value is -7.06. The zero-order valence-corrected chi connectivity index (χ0v) is 26.4. The summed E-state index contributed by atoms with van der Waals surface area (Å²) in [6.45, 7) is 0. The molecule has 0 amide bonds. The van der Waals surface area contributed by atoms with Crippen molar-refractivity contribution in [2.24, 2.45) is 0 Å². The molecule has 50 heavy (non-hydrogen) atoms. The van der Waals surface area contributed by atoms with Crippen LogP contribution in [0.1, 0.15) is 0 Å². The van der Waals surface area contributed by atoms with Crippen LogP contribution < -0.4 is 0 Å². The van der Waals surface area contributed by atoms with Crippen molar-refractivity contribution >= 4 is 53.9 Å². The van der Waals surface area contributed by atoms with Crippen molar-refractivity contribution in [3.05, 3.63) is 148 Å². The number of fused-ring (bicyclic) bond motifs is 11. The van der Waals surface area contributed by atoms with Crippen LogP contribution in [-0.4, -0.2) is 39.9 Å². The molecule has 0 aliphatic carbocycles. The molecule has 6 aromatic carbocycles. The Morgan fingerprint density at radius 1 is 0.220 bits per heavy atom. The van der Waals surface area contributed by atoms with Gasteiger partial charge in [-0.25, -0.2) is 39.9 Å². The van der Waals surface area contributed by atoms with Crippen molar-refractivity contribution < 1.29 is 0 Å². The Morgan fingerprint density at radius 2 is 0.440 bits per heavy atom. The molecule has 4 heterocycles. The van der Waals surface area contributed by atoms with Gasteiger partial charge in [0.25, 0.3) is 0 Å². The molecular weight excluding hydrogens is 617 g/mol. The van der Waals surface area contributed by atoms with Gasteiger partial charge in [0.15, 0.2) is 0 Å². The molecule has 10 aromatic rings. The molecule has 0 aliphatic heterocycles. The van der Waals surface area contributed by atoms with Crippen LogP contribution in [0.2, 0.25) is 0 Å². The molecule has 8 heteroatoms. The van der Waals surface area contributed by atoms with E-state index < -0.39 is 0 Å². The van der Waals surface area contributed by atoms with E-state index in [2.05, 4.69) is 113 Å². The van der Waals surface area contributed by atoms with E-state index in [9.17, 15) is 0 Å². The summed E-state index contributed by atoms with van der Waals surface area (Å²) in [5.41, 5.74) is 8.03. The lowest BCUT2D eigenvalue weighted by Crippen LogP contribution is -1.92. The minimum Gasteiger partial charge on any atom is -0.244 e. The van der Waals surface area contributed by atoms with Gasteiger partial charge in [-0.3, -0.25) is 0 Å². The lowest BCUT2D eigenvalue weighted by molar-refractivity contribution is 1.17. The summed E-state index contributed by atoms with van der Waals surface area (Å²) in [5.74, 6) is 0. The van der Waals surface area contributed by atoms with Crippen LogP contribution in [0.25, 0.3) is 98.4 Å². The quantitative estimate of drug-likeness (QED) is 0.175. The van der Waals surface area contributed by atoms with E-state index in [0.29, 0.717) is 0 Å². The Bertz CT molecular complexity index is 2500. The molecule has 0 saturated carbocycles. The molecule has 0 unspecified atom stereocenters. The summed E-state index contributed by atoms with van der Waals surface area (Å²) in [6, 6.07) is 26.7. The van der Waals surface area contributed by atoms with Crippen LogP contribution >= 0.6 is 0 Å². The number of nitrogens with zero attached hydrogens (tertiary/aromatic N) is 8. The van der Waals surface area contributed by atoms with Crippen molar-refractivity contribution in [1.82, 2.24) is 39.9 Å². The monoisotopic (exact) mass is 640 g/mol. The third-order valence-electron chi connectivity index (χ3n) is 9.56. The maximum absolute atomic E-state index is 4.32. The summed E-state index contributed by atoms with van der Waals surface area (Å²) < 4.78 is 0. The second-order valence-electron chi connectivity index (χ2n) is 12.3. The van der Waals surface area contributed by atoms with E-state index in [1.54, 1.807) is 25.3 Å². The van der Waals surface area contributed by atoms with Gasteiger partial charge >= 0.3 is 0 Å². The summed E-state index contributed by atoms with van der Waals surface area (Å²) in [5, 5.41) is 11.5. The molecule has 0 fully saturated rings. The van der Waals surface area contributed by atoms with Gasteiger partial charge in [0.05, 0.1) is 0 Å². The molecule has 8 nitrogen and oxygen atoms in total. The minimum absolute atomic E-state index is 0.959. The lowest BCUT2D eigenvalue weighted by atomic mass is 9.84. The number of benzene rings is 6. The van der Waals surface area contributed by atoms with E-state index in [1.807, 2.05) is 49.6 Å². The van der Waals surface area contributed by atoms with Crippen molar-refractivity contribution in [1.29, 1.82) is 0 Å². The maximum atomic E-state index is 4.32. The highest BCUT2D eigenvalue weighted by atomic mass is 14.8. The van der Waals surface area contributed by atoms with Crippen LogP contribution in [0.5, 0.6) is 0 Å². The molecular formula is C42H24N8. The lowest BCUT2D eigenvalue weighted by Gasteiger charge is -2.19. The minimum atomic E-state index is 0.959. The van der Waals surface area contributed by atoms with E-state index in [1.165, 1.54) is 0 Å². The Morgan fingerprint density at radius 3 is 0.660 bits per heavy atom. The fourth-order valence-electron chi connectivity index (χ4n) is 7.28. The second-order valence-corrected chi connectivity index (χ2v) is 12.3. The third kappa shape index (κ3) is 4.47. The van der Waals surface area contributed by atoms with E-state index in [4.69, 9.17) is 0 Å². The number of hydrogen-bond acceptors (Lipinski definition) is 8. The van der Waals surface area contributed by atoms with Crippen LogP contribution in [0, 0.1) is 0 Å². The van der Waals surface area contributed by atoms with Gasteiger partial charge in [0, 0.05) is 71.8 Å². The Labute approximate surface area is 285 Å². The molecule has 0 aliphatic rings. The average Bonchev–Trinajstić information content (AvgIpc) is 3.21. The predicted molar refractivity (Wildman–Crippen MR) is 198 cm³/mol. The van der Waals surface area contributed by atoms with Crippen LogP contribution in [0.3, 0.4) is 0 Å². The average molecular weight is 641 g/mol. The van der Waals surface area contributed by atoms with Crippen LogP contribution in [0.15, 0.2) is 148 Å². The summed E-state index contributed by atoms with van der Waals surface area (Å²) in [4.78, 5) is 34.6. The second kappa shape index (κ2) is 11.3. The Balaban J connectivity index is 1.44. The summed E-state index contributed by atoms with van der Waals surface area (Å²) in [7, 11) is 0. The first-order valence-corrected chi connectivity index (χ1v) is 16.1. The van der Waals surface area contributed by atoms with Crippen molar-refractivity contribution in [3.8, 4) is 44.5 Å². The number of rotatable bonds is 4. The SMILES string of the molecule is c1ncc(-c2ccc3c4ccc(-c5cncnc5)cc4c4c5cc(-c6cncnc6)ccc5c5ccc(-c6cncnc6)cc5c4c3c2)cn1. The van der Waals surface area contributed by atoms with Crippen LogP contribution in [-0.2, 0) is 0 Å². The molecule has 0 spiro atoms. The van der Waals surface area contributed by atoms with Gasteiger partial charge in [-0.15, -0.1) is 0 Å². The molecule has 0 radical (unpaired) electrons. The topological polar surface area (TPSA) is 103 Å². The number of aromatic nitrogens is 8. The van der Waals surface area contributed by atoms with Crippen LogP contribution in [0.4, 0.5) is 0 Å². The summed E-state index contributed by atoms with van der Waals surface area (Å²) in [6.07, 6.45) is 21.1. The van der Waals surface area contributed by atoms with Gasteiger partial charge in [-0.1, -0.05) is 48.5 Å². The standard InChI is InChI=1S/C42H24N8/c1-5-33-34-6-2-26(30-15-45-22-46-16-30)10-38(34)42-40-12-28(32-19-49-24-50-20-32)4-8-36(40)35-7-3-27(31-17-47-23-48-18-31)11-39(35)41(42)37(33)9-25(1)29-13-43-21-44-14-29/h1-24H. The van der Waals surface area contributed by atoms with Crippen molar-refractivity contribution in [2.45, 2.75) is 0 Å². The van der Waals surface area contributed by atoms with Gasteiger partial charge in [-0.05, 0) is 100 Å². The summed E-state index contributed by atoms with van der Waals surface area (Å²) >= 11 is 0. The highest BCUT2D eigenvalue weighted by molar-refractivity contribution is 6.40. The molecule has 232 valence electrons. The fourth-order valence-corrected chi connectivity index (χ4v) is 7.28. The first-order valence-electron chi connectivity index (χ1n) is 16.1. The third-order valence-corrected chi connectivity index (χ3v) is 9.56. The van der Waals surface area contributed by atoms with Crippen molar-refractivity contribution in [3.63, 3.8) is 0 Å². The number of hydrogen-bond donors (Lipinski definition) is 0. The first kappa shape index (κ1) is 28.0. The van der Waals surface area contributed by atoms with E-state index in [0.717, 1.165) is 98.4 Å². The van der Waals surface area contributed by atoms with Gasteiger partial charge in [0.2, 0.25) is 0 Å². The Kier molecular flexibility index (Phi) is 6.32. The van der Waals surface area contributed by atoms with Gasteiger partial charge in [0.1, 0.15) is 25.3 Å².